The standard InChI is InChI=1S/C18H20FN5O3S2/c1-10-4-11-6-29-17(20)24-18(11,8-26-10)16-23-14(7-28-16)22-15(25)13-3-2-12(5-21-13)27-9-19/h2-3,5,7,10-11H,4,6,8-9H2,1H3,(H2,20,24)(H,22,25)/t10-,11-,18?/m0/s1. The Bertz CT molecular complexity index is 922. The summed E-state index contributed by atoms with van der Waals surface area (Å²) in [6, 6.07) is 2.94. The van der Waals surface area contributed by atoms with Gasteiger partial charge in [-0.25, -0.2) is 19.4 Å². The van der Waals surface area contributed by atoms with Gasteiger partial charge in [-0.1, -0.05) is 11.8 Å². The van der Waals surface area contributed by atoms with Crippen molar-refractivity contribution in [2.24, 2.45) is 16.6 Å². The van der Waals surface area contributed by atoms with Crippen LogP contribution in [0.2, 0.25) is 0 Å². The van der Waals surface area contributed by atoms with E-state index < -0.39 is 18.3 Å². The molecule has 0 bridgehead atoms. The molecule has 1 saturated heterocycles. The molecule has 2 aliphatic heterocycles. The van der Waals surface area contributed by atoms with E-state index in [-0.39, 0.29) is 23.5 Å². The highest BCUT2D eigenvalue weighted by atomic mass is 32.2. The quantitative estimate of drug-likeness (QED) is 0.740. The summed E-state index contributed by atoms with van der Waals surface area (Å²) in [6.07, 6.45) is 2.34. The number of rotatable bonds is 5. The molecule has 0 radical (unpaired) electrons. The van der Waals surface area contributed by atoms with Crippen LogP contribution in [0.4, 0.5) is 10.2 Å². The summed E-state index contributed by atoms with van der Waals surface area (Å²) >= 11 is 2.98. The number of alkyl halides is 1. The third kappa shape index (κ3) is 4.07. The molecule has 3 atom stereocenters. The van der Waals surface area contributed by atoms with Gasteiger partial charge in [0.05, 0.1) is 18.9 Å². The number of nitrogens with zero attached hydrogens (tertiary/aromatic N) is 3. The third-order valence-corrected chi connectivity index (χ3v) is 6.89. The Hall–Kier alpha value is -2.24. The van der Waals surface area contributed by atoms with Gasteiger partial charge in [0.1, 0.15) is 27.8 Å². The number of nitrogens with one attached hydrogen (secondary N) is 1. The largest absolute Gasteiger partial charge is 0.461 e. The average molecular weight is 438 g/mol. The minimum absolute atomic E-state index is 0.165. The number of fused-ring (bicyclic) bond motifs is 1. The van der Waals surface area contributed by atoms with Crippen LogP contribution in [-0.4, -0.2) is 46.4 Å². The van der Waals surface area contributed by atoms with Crippen molar-refractivity contribution in [3.8, 4) is 5.75 Å². The second-order valence-corrected chi connectivity index (χ2v) is 8.76. The van der Waals surface area contributed by atoms with Crippen molar-refractivity contribution in [2.75, 3.05) is 24.5 Å². The molecule has 29 heavy (non-hydrogen) atoms. The van der Waals surface area contributed by atoms with Gasteiger partial charge in [0, 0.05) is 17.1 Å². The molecule has 4 rings (SSSR count). The molecule has 3 N–H and O–H groups in total. The van der Waals surface area contributed by atoms with E-state index in [4.69, 9.17) is 15.5 Å². The van der Waals surface area contributed by atoms with Gasteiger partial charge >= 0.3 is 0 Å². The second-order valence-electron chi connectivity index (χ2n) is 6.86. The zero-order valence-electron chi connectivity index (χ0n) is 15.6. The minimum atomic E-state index is -0.953. The Morgan fingerprint density at radius 3 is 3.14 bits per heavy atom. The number of ether oxygens (including phenoxy) is 2. The summed E-state index contributed by atoms with van der Waals surface area (Å²) in [5.41, 5.74) is 5.58. The molecule has 154 valence electrons. The molecule has 1 unspecified atom stereocenters. The number of amides is 1. The van der Waals surface area contributed by atoms with Gasteiger partial charge in [-0.2, -0.15) is 0 Å². The minimum Gasteiger partial charge on any atom is -0.461 e. The SMILES string of the molecule is C[C@H]1C[C@H]2CSC(N)=NC2(c2nc(NC(=O)c3ccc(OCF)cn3)cs2)CO1. The number of carbonyl (C=O) groups excluding carboxylic acids is 1. The van der Waals surface area contributed by atoms with Crippen LogP contribution in [0.5, 0.6) is 5.75 Å². The zero-order valence-corrected chi connectivity index (χ0v) is 17.3. The van der Waals surface area contributed by atoms with Crippen LogP contribution in [0.3, 0.4) is 0 Å². The van der Waals surface area contributed by atoms with Gasteiger partial charge in [0.15, 0.2) is 5.17 Å². The number of halogens is 1. The Morgan fingerprint density at radius 1 is 1.52 bits per heavy atom. The smallest absolute Gasteiger partial charge is 0.275 e. The third-order valence-electron chi connectivity index (χ3n) is 4.93. The van der Waals surface area contributed by atoms with E-state index >= 15 is 0 Å². The first-order chi connectivity index (χ1) is 14.0. The van der Waals surface area contributed by atoms with Crippen LogP contribution in [0.1, 0.15) is 28.8 Å². The molecule has 0 spiro atoms. The number of aromatic nitrogens is 2. The van der Waals surface area contributed by atoms with Gasteiger partial charge < -0.3 is 20.5 Å². The fourth-order valence-electron chi connectivity index (χ4n) is 3.45. The number of aliphatic imine (C=N–C) groups is 1. The predicted octanol–water partition coefficient (Wildman–Crippen LogP) is 2.78. The first-order valence-electron chi connectivity index (χ1n) is 9.02. The number of carbonyl (C=O) groups is 1. The van der Waals surface area contributed by atoms with E-state index in [1.807, 2.05) is 0 Å². The second kappa shape index (κ2) is 8.25. The number of hydrogen-bond donors (Lipinski definition) is 2. The fraction of sp³-hybridized carbons (Fsp3) is 0.444. The van der Waals surface area contributed by atoms with Crippen LogP contribution in [0.25, 0.3) is 0 Å². The van der Waals surface area contributed by atoms with Crippen molar-refractivity contribution in [3.63, 3.8) is 0 Å². The van der Waals surface area contributed by atoms with Crippen LogP contribution in [-0.2, 0) is 10.3 Å². The Balaban J connectivity index is 1.53. The van der Waals surface area contributed by atoms with E-state index in [1.165, 1.54) is 29.7 Å². The number of pyridine rings is 1. The summed E-state index contributed by atoms with van der Waals surface area (Å²) in [7, 11) is 0. The molecule has 0 aromatic carbocycles. The highest BCUT2D eigenvalue weighted by Gasteiger charge is 2.49. The molecule has 2 aromatic rings. The van der Waals surface area contributed by atoms with Crippen molar-refractivity contribution in [1.82, 2.24) is 9.97 Å². The zero-order chi connectivity index (χ0) is 20.4. The maximum Gasteiger partial charge on any atom is 0.275 e. The summed E-state index contributed by atoms with van der Waals surface area (Å²) in [5, 5.41) is 5.81. The van der Waals surface area contributed by atoms with E-state index in [0.29, 0.717) is 17.6 Å². The van der Waals surface area contributed by atoms with E-state index in [0.717, 1.165) is 17.2 Å². The number of amidine groups is 1. The number of nitrogens with two attached hydrogens (primary N) is 1. The van der Waals surface area contributed by atoms with Crippen molar-refractivity contribution < 1.29 is 18.7 Å². The molecule has 8 nitrogen and oxygen atoms in total. The highest BCUT2D eigenvalue weighted by Crippen LogP contribution is 2.47. The van der Waals surface area contributed by atoms with E-state index in [2.05, 4.69) is 26.9 Å². The molecule has 0 saturated carbocycles. The molecule has 4 heterocycles. The van der Waals surface area contributed by atoms with Crippen LogP contribution in [0, 0.1) is 5.92 Å². The predicted molar refractivity (Wildman–Crippen MR) is 110 cm³/mol. The van der Waals surface area contributed by atoms with Crippen molar-refractivity contribution in [2.45, 2.75) is 25.0 Å². The van der Waals surface area contributed by atoms with Crippen LogP contribution < -0.4 is 15.8 Å². The number of anilines is 1. The summed E-state index contributed by atoms with van der Waals surface area (Å²) in [5.74, 6) is 1.38. The molecule has 2 aliphatic rings. The fourth-order valence-corrected chi connectivity index (χ4v) is 5.43. The number of hydrogen-bond acceptors (Lipinski definition) is 9. The molecule has 11 heteroatoms. The van der Waals surface area contributed by atoms with Crippen LogP contribution in [0.15, 0.2) is 28.7 Å². The van der Waals surface area contributed by atoms with Gasteiger partial charge in [-0.3, -0.25) is 4.79 Å². The lowest BCUT2D eigenvalue weighted by molar-refractivity contribution is -0.0466. The van der Waals surface area contributed by atoms with Gasteiger partial charge in [0.25, 0.3) is 5.91 Å². The first-order valence-corrected chi connectivity index (χ1v) is 10.9. The number of thioether (sulfide) groups is 1. The molecule has 1 amide bonds. The Morgan fingerprint density at radius 2 is 2.38 bits per heavy atom. The summed E-state index contributed by atoms with van der Waals surface area (Å²) in [6.45, 7) is 1.52. The lowest BCUT2D eigenvalue weighted by Gasteiger charge is -2.44. The maximum absolute atomic E-state index is 12.4. The molecular formula is C18H20FN5O3S2. The van der Waals surface area contributed by atoms with Gasteiger partial charge in [-0.05, 0) is 25.5 Å². The van der Waals surface area contributed by atoms with E-state index in [1.54, 1.807) is 17.1 Å². The molecule has 1 fully saturated rings. The molecule has 0 aliphatic carbocycles. The Labute approximate surface area is 175 Å². The average Bonchev–Trinajstić information content (AvgIpc) is 3.18. The van der Waals surface area contributed by atoms with Crippen molar-refractivity contribution >= 4 is 40.0 Å². The first kappa shape index (κ1) is 20.0. The highest BCUT2D eigenvalue weighted by molar-refractivity contribution is 8.13. The summed E-state index contributed by atoms with van der Waals surface area (Å²) < 4.78 is 22.8. The lowest BCUT2D eigenvalue weighted by Crippen LogP contribution is -2.49. The van der Waals surface area contributed by atoms with Crippen molar-refractivity contribution in [3.05, 3.63) is 34.4 Å². The van der Waals surface area contributed by atoms with Crippen LogP contribution >= 0.6 is 23.1 Å². The van der Waals surface area contributed by atoms with Gasteiger partial charge in [-0.15, -0.1) is 11.3 Å². The lowest BCUT2D eigenvalue weighted by atomic mass is 9.80. The Kier molecular flexibility index (Phi) is 5.70. The maximum atomic E-state index is 12.4. The normalized spacial score (nSPS) is 26.3. The molecular weight excluding hydrogens is 417 g/mol. The van der Waals surface area contributed by atoms with Crippen molar-refractivity contribution in [1.29, 1.82) is 0 Å². The summed E-state index contributed by atoms with van der Waals surface area (Å²) in [4.78, 5) is 25.8. The topological polar surface area (TPSA) is 112 Å². The monoisotopic (exact) mass is 437 g/mol. The number of thiazole rings is 1. The van der Waals surface area contributed by atoms with Gasteiger partial charge in [0.2, 0.25) is 6.86 Å². The molecule has 2 aromatic heterocycles. The van der Waals surface area contributed by atoms with E-state index in [9.17, 15) is 9.18 Å².